The molecule has 2 aromatic rings. The van der Waals surface area contributed by atoms with Crippen LogP contribution in [-0.2, 0) is 11.0 Å². The number of alkyl halides is 3. The van der Waals surface area contributed by atoms with Crippen molar-refractivity contribution >= 4 is 28.7 Å². The number of fused-ring (bicyclic) bond motifs is 1. The van der Waals surface area contributed by atoms with E-state index < -0.39 is 17.8 Å². The first kappa shape index (κ1) is 25.9. The van der Waals surface area contributed by atoms with Gasteiger partial charge in [-0.05, 0) is 56.2 Å². The minimum absolute atomic E-state index is 0.0379. The third kappa shape index (κ3) is 6.15. The van der Waals surface area contributed by atoms with E-state index in [0.29, 0.717) is 17.5 Å². The lowest BCUT2D eigenvalue weighted by molar-refractivity contribution is -0.137. The molecule has 1 aliphatic carbocycles. The second kappa shape index (κ2) is 10.9. The summed E-state index contributed by atoms with van der Waals surface area (Å²) in [7, 11) is 0. The first-order valence-electron chi connectivity index (χ1n) is 12.3. The molecule has 9 nitrogen and oxygen atoms in total. The van der Waals surface area contributed by atoms with Crippen molar-refractivity contribution < 1.29 is 22.8 Å². The van der Waals surface area contributed by atoms with E-state index in [1.165, 1.54) is 12.4 Å². The first-order chi connectivity index (χ1) is 17.1. The number of urea groups is 1. The second-order valence-electron chi connectivity index (χ2n) is 9.62. The highest BCUT2D eigenvalue weighted by molar-refractivity contribution is 5.91. The molecule has 0 bridgehead atoms. The lowest BCUT2D eigenvalue weighted by Gasteiger charge is -2.47. The van der Waals surface area contributed by atoms with Gasteiger partial charge in [-0.1, -0.05) is 6.92 Å². The van der Waals surface area contributed by atoms with Gasteiger partial charge >= 0.3 is 12.2 Å². The summed E-state index contributed by atoms with van der Waals surface area (Å²) in [5.74, 6) is 0.376. The van der Waals surface area contributed by atoms with Crippen molar-refractivity contribution in [3.8, 4) is 0 Å². The van der Waals surface area contributed by atoms with Crippen molar-refractivity contribution in [1.29, 1.82) is 0 Å². The minimum Gasteiger partial charge on any atom is -0.360 e. The molecular formula is C24H32F3N7O2. The molecule has 2 aliphatic rings. The zero-order valence-electron chi connectivity index (χ0n) is 20.1. The largest absolute Gasteiger partial charge is 0.416 e. The van der Waals surface area contributed by atoms with E-state index >= 15 is 0 Å². The number of likely N-dealkylation sites (tertiary alicyclic amines) is 1. The summed E-state index contributed by atoms with van der Waals surface area (Å²) in [6.07, 6.45) is 1.79. The third-order valence-corrected chi connectivity index (χ3v) is 7.25. The van der Waals surface area contributed by atoms with Crippen molar-refractivity contribution in [3.05, 3.63) is 30.1 Å². The second-order valence-corrected chi connectivity index (χ2v) is 9.62. The predicted octanol–water partition coefficient (Wildman–Crippen LogP) is 2.87. The Bertz CT molecular complexity index is 1080. The lowest BCUT2D eigenvalue weighted by Crippen LogP contribution is -2.63. The van der Waals surface area contributed by atoms with Crippen LogP contribution in [0.3, 0.4) is 0 Å². The average molecular weight is 508 g/mol. The van der Waals surface area contributed by atoms with Gasteiger partial charge in [0.2, 0.25) is 5.91 Å². The van der Waals surface area contributed by atoms with E-state index in [2.05, 4.69) is 37.7 Å². The fraction of sp³-hybridized carbons (Fsp3) is 0.583. The molecule has 1 aliphatic heterocycles. The number of nitrogens with one attached hydrogen (secondary N) is 3. The SMILES string of the molecule is CC[C@@H](NC(N)=O)[C@H]1CC[C@H](N2CC(NC(=O)CNc3ncnc4ccc(C(F)(F)F)cc34)C2)CC1. The van der Waals surface area contributed by atoms with E-state index in [4.69, 9.17) is 5.73 Å². The molecule has 2 heterocycles. The van der Waals surface area contributed by atoms with Crippen LogP contribution in [0.5, 0.6) is 0 Å². The molecule has 2 fully saturated rings. The van der Waals surface area contributed by atoms with Crippen LogP contribution in [0.15, 0.2) is 24.5 Å². The molecule has 1 atom stereocenters. The van der Waals surface area contributed by atoms with Gasteiger partial charge in [0.1, 0.15) is 12.1 Å². The molecule has 1 saturated heterocycles. The topological polar surface area (TPSA) is 125 Å². The van der Waals surface area contributed by atoms with E-state index in [1.807, 2.05) is 0 Å². The van der Waals surface area contributed by atoms with Gasteiger partial charge < -0.3 is 21.7 Å². The molecule has 0 radical (unpaired) electrons. The fourth-order valence-electron chi connectivity index (χ4n) is 5.32. The number of nitrogens with zero attached hydrogens (tertiary/aromatic N) is 3. The summed E-state index contributed by atoms with van der Waals surface area (Å²) in [6.45, 7) is 3.49. The number of hydrogen-bond acceptors (Lipinski definition) is 6. The van der Waals surface area contributed by atoms with Gasteiger partial charge in [-0.2, -0.15) is 13.2 Å². The van der Waals surface area contributed by atoms with Crippen LogP contribution in [0.2, 0.25) is 0 Å². The fourth-order valence-corrected chi connectivity index (χ4v) is 5.32. The summed E-state index contributed by atoms with van der Waals surface area (Å²) >= 11 is 0. The molecular weight excluding hydrogens is 475 g/mol. The molecule has 1 saturated carbocycles. The van der Waals surface area contributed by atoms with Crippen molar-refractivity contribution in [1.82, 2.24) is 25.5 Å². The number of amides is 3. The lowest BCUT2D eigenvalue weighted by atomic mass is 9.79. The summed E-state index contributed by atoms with van der Waals surface area (Å²) in [5, 5.41) is 8.88. The zero-order valence-corrected chi connectivity index (χ0v) is 20.1. The van der Waals surface area contributed by atoms with E-state index in [9.17, 15) is 22.8 Å². The number of halogens is 3. The number of carbonyl (C=O) groups is 2. The zero-order chi connectivity index (χ0) is 25.9. The van der Waals surface area contributed by atoms with Crippen LogP contribution < -0.4 is 21.7 Å². The van der Waals surface area contributed by atoms with Crippen LogP contribution in [0, 0.1) is 5.92 Å². The molecule has 3 amide bonds. The number of anilines is 1. The Kier molecular flexibility index (Phi) is 7.82. The smallest absolute Gasteiger partial charge is 0.360 e. The van der Waals surface area contributed by atoms with Crippen LogP contribution in [-0.4, -0.2) is 64.6 Å². The van der Waals surface area contributed by atoms with Gasteiger partial charge in [-0.3, -0.25) is 9.69 Å². The van der Waals surface area contributed by atoms with Crippen molar-refractivity contribution in [2.75, 3.05) is 25.0 Å². The van der Waals surface area contributed by atoms with Crippen molar-refractivity contribution in [2.45, 2.75) is 63.3 Å². The molecule has 12 heteroatoms. The number of nitrogens with two attached hydrogens (primary N) is 1. The minimum atomic E-state index is -4.48. The number of benzene rings is 1. The number of carbonyl (C=O) groups excluding carboxylic acids is 2. The highest BCUT2D eigenvalue weighted by atomic mass is 19.4. The molecule has 4 rings (SSSR count). The number of hydrogen-bond donors (Lipinski definition) is 4. The van der Waals surface area contributed by atoms with E-state index in [1.54, 1.807) is 0 Å². The highest BCUT2D eigenvalue weighted by Gasteiger charge is 2.36. The number of primary amides is 1. The third-order valence-electron chi connectivity index (χ3n) is 7.25. The monoisotopic (exact) mass is 507 g/mol. The van der Waals surface area contributed by atoms with Gasteiger partial charge in [0.25, 0.3) is 0 Å². The van der Waals surface area contributed by atoms with Crippen LogP contribution in [0.25, 0.3) is 10.9 Å². The normalized spacial score (nSPS) is 22.0. The van der Waals surface area contributed by atoms with E-state index in [-0.39, 0.29) is 35.7 Å². The van der Waals surface area contributed by atoms with Crippen molar-refractivity contribution in [2.24, 2.45) is 11.7 Å². The van der Waals surface area contributed by atoms with Gasteiger partial charge in [0.05, 0.1) is 23.7 Å². The van der Waals surface area contributed by atoms with Gasteiger partial charge in [0, 0.05) is 30.6 Å². The molecule has 5 N–H and O–H groups in total. The Morgan fingerprint density at radius 3 is 2.53 bits per heavy atom. The Balaban J connectivity index is 1.22. The predicted molar refractivity (Wildman–Crippen MR) is 129 cm³/mol. The van der Waals surface area contributed by atoms with Crippen LogP contribution in [0.1, 0.15) is 44.6 Å². The Labute approximate surface area is 207 Å². The Morgan fingerprint density at radius 2 is 1.89 bits per heavy atom. The Morgan fingerprint density at radius 1 is 1.17 bits per heavy atom. The molecule has 1 aromatic carbocycles. The summed E-state index contributed by atoms with van der Waals surface area (Å²) in [6, 6.07) is 3.40. The van der Waals surface area contributed by atoms with Gasteiger partial charge in [-0.15, -0.1) is 0 Å². The molecule has 0 spiro atoms. The maximum atomic E-state index is 13.1. The number of aromatic nitrogens is 2. The van der Waals surface area contributed by atoms with E-state index in [0.717, 1.165) is 57.3 Å². The van der Waals surface area contributed by atoms with Gasteiger partial charge in [0.15, 0.2) is 0 Å². The average Bonchev–Trinajstić information content (AvgIpc) is 2.82. The maximum absolute atomic E-state index is 13.1. The van der Waals surface area contributed by atoms with Crippen LogP contribution in [0.4, 0.5) is 23.8 Å². The number of rotatable bonds is 8. The molecule has 0 unspecified atom stereocenters. The quantitative estimate of drug-likeness (QED) is 0.436. The standard InChI is InChI=1S/C24H32F3N7O2/c1-2-19(33-23(28)36)14-3-6-17(7-4-14)34-11-16(12-34)32-21(35)10-29-22-18-9-15(24(25,26)27)5-8-20(18)30-13-31-22/h5,8-9,13-14,16-17,19H,2-4,6-7,10-12H2,1H3,(H,32,35)(H3,28,33,36)(H,29,30,31)/t14-,17-,19-/m1/s1. The summed E-state index contributed by atoms with van der Waals surface area (Å²) in [5.41, 5.74) is 4.86. The Hall–Kier alpha value is -3.15. The maximum Gasteiger partial charge on any atom is 0.416 e. The summed E-state index contributed by atoms with van der Waals surface area (Å²) < 4.78 is 39.3. The van der Waals surface area contributed by atoms with Gasteiger partial charge in [-0.25, -0.2) is 14.8 Å². The molecule has 36 heavy (non-hydrogen) atoms. The van der Waals surface area contributed by atoms with Crippen molar-refractivity contribution in [3.63, 3.8) is 0 Å². The highest BCUT2D eigenvalue weighted by Crippen LogP contribution is 2.33. The van der Waals surface area contributed by atoms with Crippen LogP contribution >= 0.6 is 0 Å². The molecule has 196 valence electrons. The first-order valence-corrected chi connectivity index (χ1v) is 12.3. The summed E-state index contributed by atoms with van der Waals surface area (Å²) in [4.78, 5) is 34.0. The molecule has 1 aromatic heterocycles.